The third kappa shape index (κ3) is 4.65. The summed E-state index contributed by atoms with van der Waals surface area (Å²) < 4.78 is 0. The Balaban J connectivity index is 2.68. The van der Waals surface area contributed by atoms with Crippen LogP contribution in [0, 0.1) is 0 Å². The molecular weight excluding hydrogens is 222 g/mol. The Labute approximate surface area is 97.7 Å². The van der Waals surface area contributed by atoms with Gasteiger partial charge in [0.15, 0.2) is 0 Å². The molecule has 88 valence electrons. The van der Waals surface area contributed by atoms with E-state index in [0.717, 1.165) is 5.56 Å². The van der Waals surface area contributed by atoms with E-state index in [2.05, 4.69) is 5.32 Å². The zero-order valence-electron chi connectivity index (χ0n) is 8.83. The van der Waals surface area contributed by atoms with Crippen LogP contribution in [-0.4, -0.2) is 22.2 Å². The summed E-state index contributed by atoms with van der Waals surface area (Å²) >= 11 is 0. The van der Waals surface area contributed by atoms with Crippen LogP contribution < -0.4 is 5.32 Å². The highest BCUT2D eigenvalue weighted by Crippen LogP contribution is 2.00. The Morgan fingerprint density at radius 1 is 1.12 bits per heavy atom. The van der Waals surface area contributed by atoms with Gasteiger partial charge in [-0.3, -0.25) is 0 Å². The van der Waals surface area contributed by atoms with Crippen molar-refractivity contribution in [2.45, 2.75) is 0 Å². The van der Waals surface area contributed by atoms with Gasteiger partial charge in [-0.05, 0) is 11.6 Å². The zero-order valence-corrected chi connectivity index (χ0v) is 8.83. The van der Waals surface area contributed by atoms with Gasteiger partial charge in [0.2, 0.25) is 0 Å². The molecule has 0 unspecified atom stereocenters. The van der Waals surface area contributed by atoms with Gasteiger partial charge in [-0.25, -0.2) is 9.59 Å². The topological polar surface area (TPSA) is 86.6 Å². The summed E-state index contributed by atoms with van der Waals surface area (Å²) in [7, 11) is 0. The number of hydrogen-bond donors (Lipinski definition) is 3. The minimum atomic E-state index is -1.33. The molecule has 5 nitrogen and oxygen atoms in total. The van der Waals surface area contributed by atoms with E-state index in [1.807, 2.05) is 30.3 Å². The van der Waals surface area contributed by atoms with Crippen LogP contribution in [0.3, 0.4) is 0 Å². The molecule has 0 atom stereocenters. The average Bonchev–Trinajstić information content (AvgIpc) is 2.28. The number of carboxylic acid groups (broad SMARTS) is 2. The molecule has 1 aromatic rings. The lowest BCUT2D eigenvalue weighted by Crippen LogP contribution is -2.16. The van der Waals surface area contributed by atoms with E-state index >= 15 is 0 Å². The first-order valence-corrected chi connectivity index (χ1v) is 4.75. The van der Waals surface area contributed by atoms with Gasteiger partial charge in [-0.1, -0.05) is 30.3 Å². The standard InChI is InChI=1S/C12H11NO4/c14-11(15)8-10(12(16)17)13-7-6-9-4-2-1-3-5-9/h1-8,13H,(H,14,15)(H,16,17)/b7-6?,10-8+. The van der Waals surface area contributed by atoms with E-state index in [1.165, 1.54) is 6.20 Å². The second kappa shape index (κ2) is 6.12. The van der Waals surface area contributed by atoms with Crippen LogP contribution in [0.4, 0.5) is 0 Å². The Hall–Kier alpha value is -2.56. The lowest BCUT2D eigenvalue weighted by atomic mass is 10.2. The van der Waals surface area contributed by atoms with Crippen LogP contribution in [0.5, 0.6) is 0 Å². The van der Waals surface area contributed by atoms with Gasteiger partial charge in [-0.2, -0.15) is 0 Å². The minimum Gasteiger partial charge on any atom is -0.478 e. The molecule has 0 aliphatic heterocycles. The van der Waals surface area contributed by atoms with E-state index in [4.69, 9.17) is 10.2 Å². The molecule has 0 aromatic heterocycles. The van der Waals surface area contributed by atoms with E-state index < -0.39 is 17.6 Å². The SMILES string of the molecule is O=C(O)/C=C(/NC=Cc1ccccc1)C(=O)O. The molecule has 0 heterocycles. The van der Waals surface area contributed by atoms with Crippen molar-refractivity contribution in [3.63, 3.8) is 0 Å². The van der Waals surface area contributed by atoms with E-state index in [1.54, 1.807) is 6.08 Å². The number of carboxylic acids is 2. The lowest BCUT2D eigenvalue weighted by molar-refractivity contribution is -0.135. The maximum absolute atomic E-state index is 10.6. The molecule has 5 heteroatoms. The maximum atomic E-state index is 10.6. The molecule has 1 rings (SSSR count). The van der Waals surface area contributed by atoms with Gasteiger partial charge in [-0.15, -0.1) is 0 Å². The fourth-order valence-corrected chi connectivity index (χ4v) is 1.08. The van der Waals surface area contributed by atoms with E-state index in [0.29, 0.717) is 6.08 Å². The molecule has 0 radical (unpaired) electrons. The number of rotatable bonds is 5. The van der Waals surface area contributed by atoms with Gasteiger partial charge >= 0.3 is 11.9 Å². The number of aliphatic carboxylic acids is 2. The first kappa shape index (κ1) is 12.5. The van der Waals surface area contributed by atoms with Crippen LogP contribution >= 0.6 is 0 Å². The van der Waals surface area contributed by atoms with Gasteiger partial charge < -0.3 is 15.5 Å². The van der Waals surface area contributed by atoms with Gasteiger partial charge in [0, 0.05) is 6.20 Å². The maximum Gasteiger partial charge on any atom is 0.352 e. The number of hydrogen-bond acceptors (Lipinski definition) is 3. The first-order valence-electron chi connectivity index (χ1n) is 4.75. The molecule has 3 N–H and O–H groups in total. The van der Waals surface area contributed by atoms with Crippen LogP contribution in [0.2, 0.25) is 0 Å². The number of benzene rings is 1. The Morgan fingerprint density at radius 3 is 2.29 bits per heavy atom. The summed E-state index contributed by atoms with van der Waals surface area (Å²) in [4.78, 5) is 21.0. The quantitative estimate of drug-likeness (QED) is 0.667. The summed E-state index contributed by atoms with van der Waals surface area (Å²) in [5, 5.41) is 19.5. The summed E-state index contributed by atoms with van der Waals surface area (Å²) in [5.74, 6) is -2.65. The monoisotopic (exact) mass is 233 g/mol. The Morgan fingerprint density at radius 2 is 1.76 bits per heavy atom. The molecule has 1 aromatic carbocycles. The van der Waals surface area contributed by atoms with Gasteiger partial charge in [0.25, 0.3) is 0 Å². The third-order valence-corrected chi connectivity index (χ3v) is 1.81. The Bertz CT molecular complexity index is 463. The molecular formula is C12H11NO4. The Kier molecular flexibility index (Phi) is 4.50. The summed E-state index contributed by atoms with van der Waals surface area (Å²) in [6.07, 6.45) is 3.61. The number of carbonyl (C=O) groups is 2. The predicted octanol–water partition coefficient (Wildman–Crippen LogP) is 1.30. The van der Waals surface area contributed by atoms with E-state index in [9.17, 15) is 9.59 Å². The van der Waals surface area contributed by atoms with Crippen molar-refractivity contribution in [2.24, 2.45) is 0 Å². The molecule has 0 aliphatic rings. The van der Waals surface area contributed by atoms with Gasteiger partial charge in [0.1, 0.15) is 5.70 Å². The second-order valence-corrected chi connectivity index (χ2v) is 3.09. The molecule has 0 bridgehead atoms. The average molecular weight is 233 g/mol. The minimum absolute atomic E-state index is 0.398. The summed E-state index contributed by atoms with van der Waals surface area (Å²) in [6, 6.07) is 9.20. The van der Waals surface area contributed by atoms with Crippen molar-refractivity contribution in [1.29, 1.82) is 0 Å². The molecule has 0 saturated carbocycles. The molecule has 0 fully saturated rings. The third-order valence-electron chi connectivity index (χ3n) is 1.81. The molecule has 0 aliphatic carbocycles. The molecule has 0 saturated heterocycles. The highest BCUT2D eigenvalue weighted by Gasteiger charge is 2.06. The van der Waals surface area contributed by atoms with Crippen LogP contribution in [0.1, 0.15) is 5.56 Å². The largest absolute Gasteiger partial charge is 0.478 e. The summed E-state index contributed by atoms with van der Waals surface area (Å²) in [6.45, 7) is 0. The normalized spacial score (nSPS) is 11.4. The van der Waals surface area contributed by atoms with Crippen molar-refractivity contribution < 1.29 is 19.8 Å². The highest BCUT2D eigenvalue weighted by molar-refractivity contribution is 5.94. The van der Waals surface area contributed by atoms with Crippen molar-refractivity contribution in [2.75, 3.05) is 0 Å². The van der Waals surface area contributed by atoms with Crippen molar-refractivity contribution in [3.8, 4) is 0 Å². The van der Waals surface area contributed by atoms with Crippen LogP contribution in [0.15, 0.2) is 48.3 Å². The molecule has 0 amide bonds. The fraction of sp³-hybridized carbons (Fsp3) is 0. The molecule has 17 heavy (non-hydrogen) atoms. The highest BCUT2D eigenvalue weighted by atomic mass is 16.4. The van der Waals surface area contributed by atoms with Crippen molar-refractivity contribution in [3.05, 3.63) is 53.9 Å². The fourth-order valence-electron chi connectivity index (χ4n) is 1.08. The molecule has 0 spiro atoms. The van der Waals surface area contributed by atoms with Crippen molar-refractivity contribution in [1.82, 2.24) is 5.32 Å². The van der Waals surface area contributed by atoms with Crippen LogP contribution in [-0.2, 0) is 9.59 Å². The van der Waals surface area contributed by atoms with E-state index in [-0.39, 0.29) is 0 Å². The lowest BCUT2D eigenvalue weighted by Gasteiger charge is -1.99. The zero-order chi connectivity index (χ0) is 12.7. The first-order chi connectivity index (χ1) is 8.09. The second-order valence-electron chi connectivity index (χ2n) is 3.09. The van der Waals surface area contributed by atoms with Crippen LogP contribution in [0.25, 0.3) is 6.08 Å². The predicted molar refractivity (Wildman–Crippen MR) is 62.0 cm³/mol. The van der Waals surface area contributed by atoms with Crippen molar-refractivity contribution >= 4 is 18.0 Å². The summed E-state index contributed by atoms with van der Waals surface area (Å²) in [5.41, 5.74) is 0.477. The number of nitrogens with one attached hydrogen (secondary N) is 1. The van der Waals surface area contributed by atoms with Gasteiger partial charge in [0.05, 0.1) is 6.08 Å². The smallest absolute Gasteiger partial charge is 0.352 e.